The van der Waals surface area contributed by atoms with Crippen molar-refractivity contribution in [2.24, 2.45) is 5.41 Å². The van der Waals surface area contributed by atoms with E-state index in [1.807, 2.05) is 0 Å². The molecule has 2 aromatic carbocycles. The highest BCUT2D eigenvalue weighted by atomic mass is 32.2. The van der Waals surface area contributed by atoms with Crippen molar-refractivity contribution in [2.75, 3.05) is 12.0 Å². The summed E-state index contributed by atoms with van der Waals surface area (Å²) in [6.45, 7) is 0. The third-order valence-corrected chi connectivity index (χ3v) is 8.08. The molecule has 1 saturated carbocycles. The average molecular weight is 440 g/mol. The van der Waals surface area contributed by atoms with Gasteiger partial charge in [-0.1, -0.05) is 6.42 Å². The average Bonchev–Trinajstić information content (AvgIpc) is 2.64. The number of hydroxylamine groups is 1. The smallest absolute Gasteiger partial charge is 0.250 e. The van der Waals surface area contributed by atoms with Gasteiger partial charge in [-0.2, -0.15) is 0 Å². The van der Waals surface area contributed by atoms with Gasteiger partial charge in [0.05, 0.1) is 21.0 Å². The molecule has 2 aromatic rings. The van der Waals surface area contributed by atoms with E-state index in [1.54, 1.807) is 5.48 Å². The second-order valence-corrected chi connectivity index (χ2v) is 11.2. The Morgan fingerprint density at radius 2 is 1.45 bits per heavy atom. The van der Waals surface area contributed by atoms with E-state index in [1.165, 1.54) is 48.5 Å². The lowest BCUT2D eigenvalue weighted by Crippen LogP contribution is -2.49. The monoisotopic (exact) mass is 439 g/mol. The Bertz CT molecular complexity index is 1100. The molecule has 29 heavy (non-hydrogen) atoms. The van der Waals surface area contributed by atoms with Crippen LogP contribution in [-0.4, -0.2) is 40.0 Å². The van der Waals surface area contributed by atoms with E-state index in [9.17, 15) is 21.6 Å². The summed E-state index contributed by atoms with van der Waals surface area (Å²) in [5.74, 6) is -0.270. The molecule has 0 aromatic heterocycles. The predicted molar refractivity (Wildman–Crippen MR) is 104 cm³/mol. The van der Waals surface area contributed by atoms with Crippen molar-refractivity contribution in [3.63, 3.8) is 0 Å². The van der Waals surface area contributed by atoms with Gasteiger partial charge in [-0.15, -0.1) is 0 Å². The zero-order chi connectivity index (χ0) is 21.3. The van der Waals surface area contributed by atoms with Crippen LogP contribution in [0.1, 0.15) is 19.3 Å². The van der Waals surface area contributed by atoms with Crippen LogP contribution in [0.2, 0.25) is 0 Å². The number of hydrogen-bond donors (Lipinski definition) is 2. The van der Waals surface area contributed by atoms with Crippen LogP contribution in [0.3, 0.4) is 0 Å². The molecule has 156 valence electrons. The zero-order valence-electron chi connectivity index (χ0n) is 15.7. The van der Waals surface area contributed by atoms with Crippen LogP contribution < -0.4 is 10.2 Å². The van der Waals surface area contributed by atoms with Gasteiger partial charge in [-0.3, -0.25) is 10.0 Å². The zero-order valence-corrected chi connectivity index (χ0v) is 17.3. The van der Waals surface area contributed by atoms with Crippen LogP contribution in [0.15, 0.2) is 58.3 Å². The quantitative estimate of drug-likeness (QED) is 0.501. The summed E-state index contributed by atoms with van der Waals surface area (Å²) in [6.07, 6.45) is 2.65. The van der Waals surface area contributed by atoms with E-state index < -0.39 is 31.0 Å². The number of rotatable bonds is 7. The highest BCUT2D eigenvalue weighted by molar-refractivity contribution is 7.91. The molecule has 1 aliphatic rings. The Kier molecular flexibility index (Phi) is 5.70. The lowest BCUT2D eigenvalue weighted by molar-refractivity contribution is -0.143. The maximum Gasteiger partial charge on any atom is 0.250 e. The van der Waals surface area contributed by atoms with Gasteiger partial charge >= 0.3 is 0 Å². The first-order chi connectivity index (χ1) is 13.6. The van der Waals surface area contributed by atoms with Gasteiger partial charge in [0.25, 0.3) is 5.91 Å². The van der Waals surface area contributed by atoms with Crippen molar-refractivity contribution in [1.29, 1.82) is 0 Å². The standard InChI is InChI=1S/C19H21NO7S2/c1-28(23,24)16-7-3-14(4-8-16)27-15-5-9-17(10-6-15)29(25,26)13-19(11-2-12-19)18(21)20-22/h3-10,22H,2,11-13H2,1H3,(H,20,21). The summed E-state index contributed by atoms with van der Waals surface area (Å²) in [5, 5.41) is 8.90. The number of ether oxygens (including phenoxy) is 1. The summed E-state index contributed by atoms with van der Waals surface area (Å²) in [4.78, 5) is 12.1. The van der Waals surface area contributed by atoms with E-state index in [0.29, 0.717) is 24.3 Å². The summed E-state index contributed by atoms with van der Waals surface area (Å²) >= 11 is 0. The van der Waals surface area contributed by atoms with E-state index in [4.69, 9.17) is 9.94 Å². The Morgan fingerprint density at radius 1 is 0.966 bits per heavy atom. The maximum absolute atomic E-state index is 12.7. The number of carbonyl (C=O) groups excluding carboxylic acids is 1. The Balaban J connectivity index is 1.73. The van der Waals surface area contributed by atoms with E-state index in [-0.39, 0.29) is 15.5 Å². The van der Waals surface area contributed by atoms with Gasteiger partial charge in [0.1, 0.15) is 11.5 Å². The van der Waals surface area contributed by atoms with E-state index >= 15 is 0 Å². The number of hydrogen-bond acceptors (Lipinski definition) is 7. The molecule has 0 unspecified atom stereocenters. The number of benzene rings is 2. The minimum Gasteiger partial charge on any atom is -0.457 e. The number of amides is 1. The molecule has 1 aliphatic carbocycles. The third-order valence-electron chi connectivity index (χ3n) is 5.03. The Morgan fingerprint density at radius 3 is 1.83 bits per heavy atom. The maximum atomic E-state index is 12.7. The van der Waals surface area contributed by atoms with Gasteiger partial charge in [0.2, 0.25) is 0 Å². The van der Waals surface area contributed by atoms with Gasteiger partial charge < -0.3 is 4.74 Å². The van der Waals surface area contributed by atoms with Crippen molar-refractivity contribution in [2.45, 2.75) is 29.1 Å². The Labute approximate surface area is 169 Å². The van der Waals surface area contributed by atoms with Crippen LogP contribution in [0.5, 0.6) is 11.5 Å². The molecule has 8 nitrogen and oxygen atoms in total. The normalized spacial score (nSPS) is 15.9. The minimum atomic E-state index is -3.74. The minimum absolute atomic E-state index is 0.0503. The predicted octanol–water partition coefficient (Wildman–Crippen LogP) is 2.33. The lowest BCUT2D eigenvalue weighted by atomic mass is 9.70. The van der Waals surface area contributed by atoms with Crippen molar-refractivity contribution in [1.82, 2.24) is 5.48 Å². The van der Waals surface area contributed by atoms with Gasteiger partial charge in [-0.05, 0) is 61.4 Å². The number of sulfone groups is 2. The summed E-state index contributed by atoms with van der Waals surface area (Å²) in [5.41, 5.74) is 0.477. The molecule has 1 fully saturated rings. The number of nitrogens with one attached hydrogen (secondary N) is 1. The van der Waals surface area contributed by atoms with Crippen LogP contribution in [0.4, 0.5) is 0 Å². The molecule has 0 spiro atoms. The summed E-state index contributed by atoms with van der Waals surface area (Å²) < 4.78 is 54.0. The molecule has 3 rings (SSSR count). The van der Waals surface area contributed by atoms with Crippen molar-refractivity contribution in [3.05, 3.63) is 48.5 Å². The molecule has 0 saturated heterocycles. The Hall–Kier alpha value is -2.43. The SMILES string of the molecule is CS(=O)(=O)c1ccc(Oc2ccc(S(=O)(=O)CC3(C(=O)NO)CCC3)cc2)cc1. The molecule has 1 amide bonds. The highest BCUT2D eigenvalue weighted by Crippen LogP contribution is 2.43. The van der Waals surface area contributed by atoms with Crippen LogP contribution in [-0.2, 0) is 24.5 Å². The second-order valence-electron chi connectivity index (χ2n) is 7.15. The first-order valence-electron chi connectivity index (χ1n) is 8.81. The van der Waals surface area contributed by atoms with Crippen LogP contribution in [0, 0.1) is 5.41 Å². The molecule has 0 heterocycles. The first kappa shape index (κ1) is 21.3. The van der Waals surface area contributed by atoms with Crippen molar-refractivity contribution < 1.29 is 31.6 Å². The largest absolute Gasteiger partial charge is 0.457 e. The molecule has 10 heteroatoms. The van der Waals surface area contributed by atoms with Gasteiger partial charge in [0.15, 0.2) is 19.7 Å². The lowest BCUT2D eigenvalue weighted by Gasteiger charge is -2.38. The van der Waals surface area contributed by atoms with Crippen LogP contribution in [0.25, 0.3) is 0 Å². The number of carbonyl (C=O) groups is 1. The molecular weight excluding hydrogens is 418 g/mol. The van der Waals surface area contributed by atoms with Crippen molar-refractivity contribution in [3.8, 4) is 11.5 Å². The third kappa shape index (κ3) is 4.60. The molecule has 0 atom stereocenters. The van der Waals surface area contributed by atoms with E-state index in [0.717, 1.165) is 12.7 Å². The fourth-order valence-corrected chi connectivity index (χ4v) is 5.71. The fraction of sp³-hybridized carbons (Fsp3) is 0.316. The first-order valence-corrected chi connectivity index (χ1v) is 12.4. The second kappa shape index (κ2) is 7.77. The molecule has 0 aliphatic heterocycles. The van der Waals surface area contributed by atoms with Gasteiger partial charge in [-0.25, -0.2) is 22.3 Å². The molecular formula is C19H21NO7S2. The summed E-state index contributed by atoms with van der Waals surface area (Å²) in [7, 11) is -7.04. The van der Waals surface area contributed by atoms with Gasteiger partial charge in [0, 0.05) is 6.26 Å². The molecule has 0 bridgehead atoms. The fourth-order valence-electron chi connectivity index (χ4n) is 3.21. The molecule has 2 N–H and O–H groups in total. The summed E-state index contributed by atoms with van der Waals surface area (Å²) in [6, 6.07) is 11.6. The van der Waals surface area contributed by atoms with E-state index in [2.05, 4.69) is 0 Å². The topological polar surface area (TPSA) is 127 Å². The van der Waals surface area contributed by atoms with Crippen molar-refractivity contribution >= 4 is 25.6 Å². The molecule has 0 radical (unpaired) electrons. The highest BCUT2D eigenvalue weighted by Gasteiger charge is 2.47. The van der Waals surface area contributed by atoms with Crippen LogP contribution >= 0.6 is 0 Å².